The molecule has 0 unspecified atom stereocenters. The van der Waals surface area contributed by atoms with E-state index >= 15 is 0 Å². The van der Waals surface area contributed by atoms with Gasteiger partial charge in [0.2, 0.25) is 0 Å². The molecule has 1 heterocycles. The van der Waals surface area contributed by atoms with E-state index in [1.165, 1.54) is 12.1 Å². The lowest BCUT2D eigenvalue weighted by Gasteiger charge is -2.30. The maximum atomic E-state index is 13.0. The molecule has 2 aliphatic rings. The zero-order valence-corrected chi connectivity index (χ0v) is 18.8. The van der Waals surface area contributed by atoms with Gasteiger partial charge < -0.3 is 15.0 Å². The highest BCUT2D eigenvalue weighted by molar-refractivity contribution is 8.00. The maximum Gasteiger partial charge on any atom is 0.446 e. The van der Waals surface area contributed by atoms with Crippen LogP contribution in [0, 0.1) is 0 Å². The molecule has 32 heavy (non-hydrogen) atoms. The lowest BCUT2D eigenvalue weighted by atomic mass is 10.0. The number of benzene rings is 2. The van der Waals surface area contributed by atoms with Gasteiger partial charge in [-0.15, -0.1) is 0 Å². The molecule has 0 aromatic heterocycles. The summed E-state index contributed by atoms with van der Waals surface area (Å²) in [7, 11) is 3.71. The number of carbonyl (C=O) groups excluding carboxylic acids is 1. The SMILES string of the molecule is COc1cc2c(cc1NC1CCN(C)CC1)C/C(=C\c1ccc(SC(F)(F)F)cc1)C2=O. The van der Waals surface area contributed by atoms with Gasteiger partial charge in [-0.1, -0.05) is 12.1 Å². The fourth-order valence-corrected chi connectivity index (χ4v) is 4.72. The number of ketones is 1. The van der Waals surface area contributed by atoms with E-state index in [4.69, 9.17) is 4.74 Å². The quantitative estimate of drug-likeness (QED) is 0.460. The van der Waals surface area contributed by atoms with E-state index in [1.54, 1.807) is 31.4 Å². The van der Waals surface area contributed by atoms with Crippen molar-refractivity contribution in [2.24, 2.45) is 0 Å². The number of thioether (sulfide) groups is 1. The average molecular weight is 463 g/mol. The van der Waals surface area contributed by atoms with Crippen molar-refractivity contribution >= 4 is 29.3 Å². The van der Waals surface area contributed by atoms with Crippen LogP contribution in [0.4, 0.5) is 18.9 Å². The minimum atomic E-state index is -4.32. The number of methoxy groups -OCH3 is 1. The Morgan fingerprint density at radius 2 is 1.84 bits per heavy atom. The van der Waals surface area contributed by atoms with Gasteiger partial charge in [0.1, 0.15) is 5.75 Å². The van der Waals surface area contributed by atoms with Crippen LogP contribution >= 0.6 is 11.8 Å². The lowest BCUT2D eigenvalue weighted by molar-refractivity contribution is -0.0328. The third-order valence-electron chi connectivity index (χ3n) is 5.88. The van der Waals surface area contributed by atoms with Gasteiger partial charge in [-0.05, 0) is 86.2 Å². The number of nitrogens with one attached hydrogen (secondary N) is 1. The zero-order valence-electron chi connectivity index (χ0n) is 18.0. The van der Waals surface area contributed by atoms with Crippen LogP contribution in [-0.4, -0.2) is 49.5 Å². The predicted molar refractivity (Wildman–Crippen MR) is 122 cm³/mol. The Morgan fingerprint density at radius 3 is 2.47 bits per heavy atom. The second-order valence-electron chi connectivity index (χ2n) is 8.22. The Hall–Kier alpha value is -2.45. The molecule has 1 saturated heterocycles. The monoisotopic (exact) mass is 462 g/mol. The number of anilines is 1. The topological polar surface area (TPSA) is 41.6 Å². The number of piperidine rings is 1. The van der Waals surface area contributed by atoms with Crippen LogP contribution in [0.2, 0.25) is 0 Å². The molecule has 4 rings (SSSR count). The van der Waals surface area contributed by atoms with Crippen molar-refractivity contribution in [2.45, 2.75) is 35.7 Å². The number of nitrogens with zero attached hydrogens (tertiary/aromatic N) is 1. The molecular formula is C24H25F3N2O2S. The van der Waals surface area contributed by atoms with E-state index in [0.717, 1.165) is 37.2 Å². The number of fused-ring (bicyclic) bond motifs is 1. The van der Waals surface area contributed by atoms with Crippen LogP contribution in [0.1, 0.15) is 34.3 Å². The Kier molecular flexibility index (Phi) is 6.53. The first-order valence-corrected chi connectivity index (χ1v) is 11.3. The lowest BCUT2D eigenvalue weighted by Crippen LogP contribution is -2.36. The number of likely N-dealkylation sites (tertiary alicyclic amines) is 1. The third-order valence-corrected chi connectivity index (χ3v) is 6.61. The van der Waals surface area contributed by atoms with Crippen molar-refractivity contribution in [1.82, 2.24) is 4.90 Å². The molecule has 0 bridgehead atoms. The first-order valence-electron chi connectivity index (χ1n) is 10.5. The normalized spacial score (nSPS) is 18.8. The molecule has 1 N–H and O–H groups in total. The summed E-state index contributed by atoms with van der Waals surface area (Å²) >= 11 is -0.149. The minimum absolute atomic E-state index is 0.0714. The molecule has 1 fully saturated rings. The molecule has 1 aliphatic heterocycles. The van der Waals surface area contributed by atoms with E-state index in [9.17, 15) is 18.0 Å². The first kappa shape index (κ1) is 22.7. The fraction of sp³-hybridized carbons (Fsp3) is 0.375. The minimum Gasteiger partial charge on any atom is -0.495 e. The number of hydrogen-bond donors (Lipinski definition) is 1. The van der Waals surface area contributed by atoms with Gasteiger partial charge in [0.05, 0.1) is 12.8 Å². The standard InChI is InChI=1S/C24H25F3N2O2S/c1-29-9-7-18(8-10-29)28-21-13-16-12-17(23(30)20(16)14-22(21)31-2)11-15-3-5-19(6-4-15)32-24(25,26)27/h3-6,11,13-14,18,28H,7-10,12H2,1-2H3/b17-11+. The molecule has 0 spiro atoms. The van der Waals surface area contributed by atoms with Gasteiger partial charge >= 0.3 is 5.51 Å². The number of Topliss-reactive ketones (excluding diaryl/α,β-unsaturated/α-hetero) is 1. The maximum absolute atomic E-state index is 13.0. The van der Waals surface area contributed by atoms with E-state index in [0.29, 0.717) is 34.9 Å². The van der Waals surface area contributed by atoms with Crippen LogP contribution in [0.5, 0.6) is 5.75 Å². The number of allylic oxidation sites excluding steroid dienone is 1. The van der Waals surface area contributed by atoms with Crippen LogP contribution in [0.25, 0.3) is 6.08 Å². The Labute approximate surface area is 189 Å². The molecule has 0 amide bonds. The van der Waals surface area contributed by atoms with Gasteiger partial charge in [-0.3, -0.25) is 4.79 Å². The van der Waals surface area contributed by atoms with E-state index in [2.05, 4.69) is 17.3 Å². The molecule has 1 aliphatic carbocycles. The molecule has 8 heteroatoms. The molecule has 0 atom stereocenters. The van der Waals surface area contributed by atoms with Gasteiger partial charge in [-0.2, -0.15) is 13.2 Å². The van der Waals surface area contributed by atoms with E-state index in [-0.39, 0.29) is 22.4 Å². The summed E-state index contributed by atoms with van der Waals surface area (Å²) in [5.74, 6) is 0.573. The van der Waals surface area contributed by atoms with Crippen LogP contribution in [0.3, 0.4) is 0 Å². The predicted octanol–water partition coefficient (Wildman–Crippen LogP) is 5.64. The molecular weight excluding hydrogens is 437 g/mol. The van der Waals surface area contributed by atoms with Crippen molar-refractivity contribution < 1.29 is 22.7 Å². The summed E-state index contributed by atoms with van der Waals surface area (Å²) in [6, 6.07) is 10.2. The highest BCUT2D eigenvalue weighted by atomic mass is 32.2. The summed E-state index contributed by atoms with van der Waals surface area (Å²) < 4.78 is 43.1. The summed E-state index contributed by atoms with van der Waals surface area (Å²) in [5.41, 5.74) is -0.558. The van der Waals surface area contributed by atoms with Crippen molar-refractivity contribution in [2.75, 3.05) is 32.6 Å². The average Bonchev–Trinajstić information content (AvgIpc) is 3.04. The molecule has 2 aromatic carbocycles. The molecule has 0 saturated carbocycles. The number of carbonyl (C=O) groups is 1. The van der Waals surface area contributed by atoms with E-state index < -0.39 is 5.51 Å². The van der Waals surface area contributed by atoms with Gasteiger partial charge in [0, 0.05) is 28.5 Å². The number of rotatable bonds is 5. The van der Waals surface area contributed by atoms with E-state index in [1.807, 2.05) is 6.07 Å². The first-order chi connectivity index (χ1) is 15.2. The number of hydrogen-bond acceptors (Lipinski definition) is 5. The number of halogens is 3. The van der Waals surface area contributed by atoms with Gasteiger partial charge in [0.25, 0.3) is 0 Å². The summed E-state index contributed by atoms with van der Waals surface area (Å²) in [6.45, 7) is 2.08. The molecule has 2 aromatic rings. The van der Waals surface area contributed by atoms with Crippen LogP contribution < -0.4 is 10.1 Å². The Bertz CT molecular complexity index is 1030. The second-order valence-corrected chi connectivity index (χ2v) is 9.36. The molecule has 4 nitrogen and oxygen atoms in total. The third kappa shape index (κ3) is 5.30. The fourth-order valence-electron chi connectivity index (χ4n) is 4.18. The second kappa shape index (κ2) is 9.19. The van der Waals surface area contributed by atoms with Gasteiger partial charge in [-0.25, -0.2) is 0 Å². The highest BCUT2D eigenvalue weighted by Crippen LogP contribution is 2.38. The summed E-state index contributed by atoms with van der Waals surface area (Å²) in [4.78, 5) is 15.4. The van der Waals surface area contributed by atoms with Crippen molar-refractivity contribution in [3.8, 4) is 5.75 Å². The van der Waals surface area contributed by atoms with Crippen LogP contribution in [0.15, 0.2) is 46.9 Å². The molecule has 0 radical (unpaired) electrons. The smallest absolute Gasteiger partial charge is 0.446 e. The summed E-state index contributed by atoms with van der Waals surface area (Å²) in [6.07, 6.45) is 4.33. The Balaban J connectivity index is 1.52. The number of alkyl halides is 3. The van der Waals surface area contributed by atoms with Gasteiger partial charge in [0.15, 0.2) is 5.78 Å². The highest BCUT2D eigenvalue weighted by Gasteiger charge is 2.30. The largest absolute Gasteiger partial charge is 0.495 e. The van der Waals surface area contributed by atoms with Crippen molar-refractivity contribution in [1.29, 1.82) is 0 Å². The van der Waals surface area contributed by atoms with Crippen LogP contribution in [-0.2, 0) is 6.42 Å². The molecule has 170 valence electrons. The Morgan fingerprint density at radius 1 is 1.16 bits per heavy atom. The number of ether oxygens (including phenoxy) is 1. The van der Waals surface area contributed by atoms with Crippen molar-refractivity contribution in [3.05, 3.63) is 58.7 Å². The summed E-state index contributed by atoms with van der Waals surface area (Å²) in [5, 5.41) is 3.58. The van der Waals surface area contributed by atoms with Crippen molar-refractivity contribution in [3.63, 3.8) is 0 Å². The zero-order chi connectivity index (χ0) is 22.9.